The van der Waals surface area contributed by atoms with Crippen LogP contribution in [0.4, 0.5) is 4.39 Å². The van der Waals surface area contributed by atoms with E-state index >= 15 is 0 Å². The van der Waals surface area contributed by atoms with E-state index in [0.29, 0.717) is 6.54 Å². The van der Waals surface area contributed by atoms with Gasteiger partial charge in [0.2, 0.25) is 0 Å². The van der Waals surface area contributed by atoms with Crippen molar-refractivity contribution in [2.45, 2.75) is 6.54 Å². The number of imidazole rings is 1. The van der Waals surface area contributed by atoms with Crippen LogP contribution in [0.1, 0.15) is 11.1 Å². The van der Waals surface area contributed by atoms with Gasteiger partial charge in [0, 0.05) is 24.5 Å². The summed E-state index contributed by atoms with van der Waals surface area (Å²) in [6.07, 6.45) is 3.61. The monoisotopic (exact) mass is 277 g/mol. The predicted molar refractivity (Wildman–Crippen MR) is 77.9 cm³/mol. The molecule has 3 aromatic rings. The predicted octanol–water partition coefficient (Wildman–Crippen LogP) is 3.61. The minimum atomic E-state index is -0.491. The lowest BCUT2D eigenvalue weighted by atomic mass is 10.1. The van der Waals surface area contributed by atoms with Gasteiger partial charge in [-0.25, -0.2) is 9.37 Å². The van der Waals surface area contributed by atoms with Crippen LogP contribution in [0.15, 0.2) is 60.9 Å². The summed E-state index contributed by atoms with van der Waals surface area (Å²) < 4.78 is 15.3. The van der Waals surface area contributed by atoms with Crippen LogP contribution in [-0.2, 0) is 6.54 Å². The fraction of sp³-hybridized carbons (Fsp3) is 0.0588. The zero-order valence-electron chi connectivity index (χ0n) is 11.2. The molecule has 0 amide bonds. The van der Waals surface area contributed by atoms with Crippen molar-refractivity contribution in [1.82, 2.24) is 9.55 Å². The third kappa shape index (κ3) is 2.67. The van der Waals surface area contributed by atoms with E-state index in [1.54, 1.807) is 18.3 Å². The molecule has 0 N–H and O–H groups in total. The maximum atomic E-state index is 13.4. The van der Waals surface area contributed by atoms with Crippen LogP contribution in [0, 0.1) is 17.1 Å². The Kier molecular flexibility index (Phi) is 3.48. The Balaban J connectivity index is 1.94. The first kappa shape index (κ1) is 13.1. The Morgan fingerprint density at radius 2 is 1.95 bits per heavy atom. The number of nitriles is 1. The molecular formula is C17H12FN3. The molecule has 0 atom stereocenters. The van der Waals surface area contributed by atoms with Crippen LogP contribution in [-0.4, -0.2) is 9.55 Å². The Bertz CT molecular complexity index is 800. The normalized spacial score (nSPS) is 10.3. The van der Waals surface area contributed by atoms with Gasteiger partial charge in [0.15, 0.2) is 0 Å². The average Bonchev–Trinajstić information content (AvgIpc) is 2.98. The standard InChI is InChI=1S/C17H12FN3/c18-16-7-6-13(10-15(16)11-19)12-21-9-8-20-17(21)14-4-2-1-3-5-14/h1-10H,12H2. The van der Waals surface area contributed by atoms with Crippen molar-refractivity contribution in [3.63, 3.8) is 0 Å². The molecule has 3 rings (SSSR count). The molecule has 0 unspecified atom stereocenters. The molecule has 3 nitrogen and oxygen atoms in total. The van der Waals surface area contributed by atoms with Gasteiger partial charge in [-0.1, -0.05) is 36.4 Å². The van der Waals surface area contributed by atoms with Gasteiger partial charge in [-0.05, 0) is 17.7 Å². The van der Waals surface area contributed by atoms with Gasteiger partial charge in [0.1, 0.15) is 17.7 Å². The van der Waals surface area contributed by atoms with E-state index in [9.17, 15) is 4.39 Å². The van der Waals surface area contributed by atoms with Crippen molar-refractivity contribution in [2.75, 3.05) is 0 Å². The van der Waals surface area contributed by atoms with E-state index in [4.69, 9.17) is 5.26 Å². The van der Waals surface area contributed by atoms with Gasteiger partial charge in [0.25, 0.3) is 0 Å². The first-order valence-corrected chi connectivity index (χ1v) is 6.53. The molecule has 1 heterocycles. The van der Waals surface area contributed by atoms with Crippen molar-refractivity contribution >= 4 is 0 Å². The van der Waals surface area contributed by atoms with E-state index in [1.807, 2.05) is 47.2 Å². The first-order chi connectivity index (χ1) is 10.3. The van der Waals surface area contributed by atoms with Crippen LogP contribution in [0.3, 0.4) is 0 Å². The van der Waals surface area contributed by atoms with Crippen LogP contribution in [0.5, 0.6) is 0 Å². The number of halogens is 1. The van der Waals surface area contributed by atoms with Gasteiger partial charge in [-0.15, -0.1) is 0 Å². The molecule has 0 radical (unpaired) electrons. The molecule has 1 aromatic heterocycles. The second-order valence-electron chi connectivity index (χ2n) is 4.67. The number of nitrogens with zero attached hydrogens (tertiary/aromatic N) is 3. The van der Waals surface area contributed by atoms with Crippen LogP contribution in [0.2, 0.25) is 0 Å². The topological polar surface area (TPSA) is 41.6 Å². The molecule has 0 aliphatic rings. The number of rotatable bonds is 3. The Morgan fingerprint density at radius 1 is 1.14 bits per heavy atom. The van der Waals surface area contributed by atoms with Crippen molar-refractivity contribution in [2.24, 2.45) is 0 Å². The summed E-state index contributed by atoms with van der Waals surface area (Å²) in [5, 5.41) is 8.89. The highest BCUT2D eigenvalue weighted by atomic mass is 19.1. The maximum absolute atomic E-state index is 13.4. The summed E-state index contributed by atoms with van der Waals surface area (Å²) in [5.74, 6) is 0.355. The third-order valence-corrected chi connectivity index (χ3v) is 3.25. The molecule has 102 valence electrons. The first-order valence-electron chi connectivity index (χ1n) is 6.53. The number of hydrogen-bond acceptors (Lipinski definition) is 2. The molecular weight excluding hydrogens is 265 g/mol. The molecule has 0 aliphatic carbocycles. The van der Waals surface area contributed by atoms with E-state index in [2.05, 4.69) is 4.98 Å². The van der Waals surface area contributed by atoms with Gasteiger partial charge in [0.05, 0.1) is 5.56 Å². The highest BCUT2D eigenvalue weighted by molar-refractivity contribution is 5.55. The van der Waals surface area contributed by atoms with E-state index in [0.717, 1.165) is 17.0 Å². The fourth-order valence-electron chi connectivity index (χ4n) is 2.24. The van der Waals surface area contributed by atoms with E-state index in [-0.39, 0.29) is 5.56 Å². The van der Waals surface area contributed by atoms with Crippen LogP contribution < -0.4 is 0 Å². The molecule has 0 fully saturated rings. The number of aromatic nitrogens is 2. The van der Waals surface area contributed by atoms with Crippen molar-refractivity contribution in [3.05, 3.63) is 77.9 Å². The molecule has 0 spiro atoms. The highest BCUT2D eigenvalue weighted by Gasteiger charge is 2.08. The average molecular weight is 277 g/mol. The Labute approximate surface area is 121 Å². The van der Waals surface area contributed by atoms with Crippen molar-refractivity contribution in [3.8, 4) is 17.5 Å². The molecule has 0 saturated heterocycles. The summed E-state index contributed by atoms with van der Waals surface area (Å²) in [5.41, 5.74) is 1.95. The van der Waals surface area contributed by atoms with Crippen LogP contribution in [0.25, 0.3) is 11.4 Å². The number of hydrogen-bond donors (Lipinski definition) is 0. The minimum Gasteiger partial charge on any atom is -0.327 e. The van der Waals surface area contributed by atoms with Crippen molar-refractivity contribution in [1.29, 1.82) is 5.26 Å². The smallest absolute Gasteiger partial charge is 0.140 e. The van der Waals surface area contributed by atoms with Gasteiger partial charge in [-0.3, -0.25) is 0 Å². The van der Waals surface area contributed by atoms with E-state index < -0.39 is 5.82 Å². The minimum absolute atomic E-state index is 0.0638. The Hall–Kier alpha value is -2.93. The van der Waals surface area contributed by atoms with Crippen molar-refractivity contribution < 1.29 is 4.39 Å². The quantitative estimate of drug-likeness (QED) is 0.734. The largest absolute Gasteiger partial charge is 0.327 e. The summed E-state index contributed by atoms with van der Waals surface area (Å²) in [6.45, 7) is 0.541. The molecule has 21 heavy (non-hydrogen) atoms. The third-order valence-electron chi connectivity index (χ3n) is 3.25. The highest BCUT2D eigenvalue weighted by Crippen LogP contribution is 2.19. The summed E-state index contributed by atoms with van der Waals surface area (Å²) in [7, 11) is 0. The molecule has 2 aromatic carbocycles. The Morgan fingerprint density at radius 3 is 2.71 bits per heavy atom. The molecule has 0 saturated carbocycles. The maximum Gasteiger partial charge on any atom is 0.140 e. The second-order valence-corrected chi connectivity index (χ2v) is 4.67. The molecule has 4 heteroatoms. The summed E-state index contributed by atoms with van der Waals surface area (Å²) in [6, 6.07) is 16.3. The van der Waals surface area contributed by atoms with Gasteiger partial charge >= 0.3 is 0 Å². The second kappa shape index (κ2) is 5.59. The molecule has 0 aliphatic heterocycles. The number of benzene rings is 2. The fourth-order valence-corrected chi connectivity index (χ4v) is 2.24. The lowest BCUT2D eigenvalue weighted by Gasteiger charge is -2.08. The SMILES string of the molecule is N#Cc1cc(Cn2ccnc2-c2ccccc2)ccc1F. The molecule has 0 bridgehead atoms. The summed E-state index contributed by atoms with van der Waals surface area (Å²) >= 11 is 0. The zero-order chi connectivity index (χ0) is 14.7. The lowest BCUT2D eigenvalue weighted by molar-refractivity contribution is 0.622. The van der Waals surface area contributed by atoms with Gasteiger partial charge < -0.3 is 4.57 Å². The van der Waals surface area contributed by atoms with E-state index in [1.165, 1.54) is 6.07 Å². The van der Waals surface area contributed by atoms with Gasteiger partial charge in [-0.2, -0.15) is 5.26 Å². The zero-order valence-corrected chi connectivity index (χ0v) is 11.2. The summed E-state index contributed by atoms with van der Waals surface area (Å²) in [4.78, 5) is 4.37. The lowest BCUT2D eigenvalue weighted by Crippen LogP contribution is -2.02. The van der Waals surface area contributed by atoms with Crippen LogP contribution >= 0.6 is 0 Å².